The predicted octanol–water partition coefficient (Wildman–Crippen LogP) is 4.71. The molecule has 0 bridgehead atoms. The SMILES string of the molecule is C=C(C)C(=O)OCCCc1ccc(C(=O)Oc2ccc(OC(=O)c3ccc(OC=O)cc3)cc2)cc1. The largest absolute Gasteiger partial charge is 0.462 e. The van der Waals surface area contributed by atoms with E-state index in [1.165, 1.54) is 48.5 Å². The van der Waals surface area contributed by atoms with Crippen LogP contribution in [0.3, 0.4) is 0 Å². The van der Waals surface area contributed by atoms with Gasteiger partial charge in [-0.05, 0) is 86.0 Å². The minimum Gasteiger partial charge on any atom is -0.462 e. The Bertz CT molecular complexity index is 1230. The van der Waals surface area contributed by atoms with Crippen LogP contribution < -0.4 is 14.2 Å². The van der Waals surface area contributed by atoms with E-state index in [-0.39, 0.29) is 11.3 Å². The van der Waals surface area contributed by atoms with E-state index in [0.717, 1.165) is 5.56 Å². The van der Waals surface area contributed by atoms with E-state index in [2.05, 4.69) is 11.3 Å². The molecule has 0 atom stereocenters. The van der Waals surface area contributed by atoms with E-state index >= 15 is 0 Å². The summed E-state index contributed by atoms with van der Waals surface area (Å²) in [5, 5.41) is 0. The van der Waals surface area contributed by atoms with Crippen LogP contribution in [0, 0.1) is 0 Å². The number of ether oxygens (including phenoxy) is 4. The quantitative estimate of drug-likeness (QED) is 0.126. The van der Waals surface area contributed by atoms with Gasteiger partial charge < -0.3 is 18.9 Å². The zero-order chi connectivity index (χ0) is 25.9. The van der Waals surface area contributed by atoms with Crippen LogP contribution in [-0.4, -0.2) is 31.0 Å². The van der Waals surface area contributed by atoms with Gasteiger partial charge in [0.15, 0.2) is 0 Å². The van der Waals surface area contributed by atoms with Crippen LogP contribution in [0.5, 0.6) is 17.2 Å². The Hall–Kier alpha value is -4.72. The number of rotatable bonds is 11. The van der Waals surface area contributed by atoms with Crippen LogP contribution in [-0.2, 0) is 20.7 Å². The molecule has 8 heteroatoms. The number of hydrogen-bond donors (Lipinski definition) is 0. The highest BCUT2D eigenvalue weighted by Crippen LogP contribution is 2.21. The molecule has 0 fully saturated rings. The van der Waals surface area contributed by atoms with E-state index in [0.29, 0.717) is 48.6 Å². The molecule has 3 aromatic carbocycles. The molecule has 8 nitrogen and oxygen atoms in total. The van der Waals surface area contributed by atoms with Gasteiger partial charge in [0, 0.05) is 5.57 Å². The summed E-state index contributed by atoms with van der Waals surface area (Å²) in [6, 6.07) is 18.9. The number of hydrogen-bond acceptors (Lipinski definition) is 8. The molecule has 0 heterocycles. The van der Waals surface area contributed by atoms with Gasteiger partial charge in [0.05, 0.1) is 17.7 Å². The summed E-state index contributed by atoms with van der Waals surface area (Å²) >= 11 is 0. The molecule has 3 aromatic rings. The molecule has 0 aliphatic rings. The van der Waals surface area contributed by atoms with Crippen molar-refractivity contribution >= 4 is 24.4 Å². The Balaban J connectivity index is 1.48. The first kappa shape index (κ1) is 25.9. The minimum absolute atomic E-state index is 0.270. The van der Waals surface area contributed by atoms with E-state index < -0.39 is 17.9 Å². The third kappa shape index (κ3) is 7.66. The second kappa shape index (κ2) is 12.7. The molecule has 0 saturated carbocycles. The molecule has 0 spiro atoms. The summed E-state index contributed by atoms with van der Waals surface area (Å²) in [6.45, 7) is 5.72. The fraction of sp³-hybridized carbons (Fsp3) is 0.143. The molecule has 0 aliphatic carbocycles. The van der Waals surface area contributed by atoms with Gasteiger partial charge in [-0.1, -0.05) is 18.7 Å². The molecule has 0 aromatic heterocycles. The molecular formula is C28H24O8. The molecule has 0 aliphatic heterocycles. The van der Waals surface area contributed by atoms with Gasteiger partial charge in [-0.25, -0.2) is 14.4 Å². The fourth-order valence-electron chi connectivity index (χ4n) is 3.00. The first-order valence-corrected chi connectivity index (χ1v) is 11.0. The number of benzene rings is 3. The Kier molecular flexibility index (Phi) is 9.11. The zero-order valence-electron chi connectivity index (χ0n) is 19.6. The number of esters is 3. The Morgan fingerprint density at radius 3 is 1.69 bits per heavy atom. The number of aryl methyl sites for hydroxylation is 1. The predicted molar refractivity (Wildman–Crippen MR) is 130 cm³/mol. The fourth-order valence-corrected chi connectivity index (χ4v) is 3.00. The van der Waals surface area contributed by atoms with Crippen molar-refractivity contribution < 1.29 is 38.1 Å². The highest BCUT2D eigenvalue weighted by molar-refractivity contribution is 5.92. The smallest absolute Gasteiger partial charge is 0.343 e. The topological polar surface area (TPSA) is 105 Å². The third-order valence-electron chi connectivity index (χ3n) is 4.90. The van der Waals surface area contributed by atoms with Gasteiger partial charge in [-0.15, -0.1) is 0 Å². The van der Waals surface area contributed by atoms with E-state index in [1.807, 2.05) is 12.1 Å². The third-order valence-corrected chi connectivity index (χ3v) is 4.90. The summed E-state index contributed by atoms with van der Waals surface area (Å²) in [4.78, 5) is 46.4. The Morgan fingerprint density at radius 2 is 1.22 bits per heavy atom. The van der Waals surface area contributed by atoms with Gasteiger partial charge in [0.25, 0.3) is 6.47 Å². The van der Waals surface area contributed by atoms with Crippen LogP contribution in [0.2, 0.25) is 0 Å². The molecule has 36 heavy (non-hydrogen) atoms. The average Bonchev–Trinajstić information content (AvgIpc) is 2.88. The maximum absolute atomic E-state index is 12.4. The molecule has 0 unspecified atom stereocenters. The Morgan fingerprint density at radius 1 is 0.750 bits per heavy atom. The van der Waals surface area contributed by atoms with Crippen molar-refractivity contribution in [1.29, 1.82) is 0 Å². The molecule has 0 saturated heterocycles. The number of carbonyl (C=O) groups excluding carboxylic acids is 4. The van der Waals surface area contributed by atoms with Crippen molar-refractivity contribution in [2.45, 2.75) is 19.8 Å². The van der Waals surface area contributed by atoms with Crippen molar-refractivity contribution in [1.82, 2.24) is 0 Å². The van der Waals surface area contributed by atoms with Gasteiger partial charge in [0.2, 0.25) is 0 Å². The van der Waals surface area contributed by atoms with Crippen LogP contribution in [0.25, 0.3) is 0 Å². The van der Waals surface area contributed by atoms with Crippen LogP contribution in [0.15, 0.2) is 84.9 Å². The highest BCUT2D eigenvalue weighted by Gasteiger charge is 2.12. The Labute approximate surface area is 208 Å². The first-order valence-electron chi connectivity index (χ1n) is 11.0. The lowest BCUT2D eigenvalue weighted by atomic mass is 10.1. The first-order chi connectivity index (χ1) is 17.4. The lowest BCUT2D eigenvalue weighted by Crippen LogP contribution is -2.10. The molecular weight excluding hydrogens is 464 g/mol. The second-order valence-corrected chi connectivity index (χ2v) is 7.71. The summed E-state index contributed by atoms with van der Waals surface area (Å²) < 4.78 is 20.4. The molecule has 3 rings (SSSR count). The average molecular weight is 488 g/mol. The summed E-state index contributed by atoms with van der Waals surface area (Å²) in [5.41, 5.74) is 2.02. The van der Waals surface area contributed by atoms with E-state index in [4.69, 9.17) is 14.2 Å². The number of carbonyl (C=O) groups is 4. The van der Waals surface area contributed by atoms with Gasteiger partial charge in [-0.3, -0.25) is 4.79 Å². The van der Waals surface area contributed by atoms with Crippen molar-refractivity contribution in [2.75, 3.05) is 6.61 Å². The van der Waals surface area contributed by atoms with Crippen LogP contribution >= 0.6 is 0 Å². The van der Waals surface area contributed by atoms with Gasteiger partial charge in [0.1, 0.15) is 17.2 Å². The standard InChI is InChI=1S/C28H24O8/c1-19(2)26(30)33-17-3-4-20-5-7-21(8-6-20)27(31)35-24-13-15-25(16-14-24)36-28(32)22-9-11-23(12-10-22)34-18-29/h5-16,18H,1,3-4,17H2,2H3. The summed E-state index contributed by atoms with van der Waals surface area (Å²) in [5.74, 6) is -0.656. The maximum atomic E-state index is 12.4. The van der Waals surface area contributed by atoms with Crippen LogP contribution in [0.1, 0.15) is 39.6 Å². The van der Waals surface area contributed by atoms with Crippen molar-refractivity contribution in [3.63, 3.8) is 0 Å². The lowest BCUT2D eigenvalue weighted by Gasteiger charge is -2.08. The molecule has 184 valence electrons. The van der Waals surface area contributed by atoms with Gasteiger partial charge in [-0.2, -0.15) is 0 Å². The maximum Gasteiger partial charge on any atom is 0.343 e. The zero-order valence-corrected chi connectivity index (χ0v) is 19.6. The van der Waals surface area contributed by atoms with Gasteiger partial charge >= 0.3 is 17.9 Å². The summed E-state index contributed by atoms with van der Waals surface area (Å²) in [6.07, 6.45) is 1.34. The molecule has 0 N–H and O–H groups in total. The monoisotopic (exact) mass is 488 g/mol. The van der Waals surface area contributed by atoms with E-state index in [1.54, 1.807) is 19.1 Å². The second-order valence-electron chi connectivity index (χ2n) is 7.71. The molecule has 0 amide bonds. The van der Waals surface area contributed by atoms with Crippen LogP contribution in [0.4, 0.5) is 0 Å². The van der Waals surface area contributed by atoms with Crippen molar-refractivity contribution in [2.24, 2.45) is 0 Å². The summed E-state index contributed by atoms with van der Waals surface area (Å²) in [7, 11) is 0. The minimum atomic E-state index is -0.591. The normalized spacial score (nSPS) is 10.1. The highest BCUT2D eigenvalue weighted by atomic mass is 16.5. The van der Waals surface area contributed by atoms with E-state index in [9.17, 15) is 19.2 Å². The lowest BCUT2D eigenvalue weighted by molar-refractivity contribution is -0.139. The van der Waals surface area contributed by atoms with Crippen molar-refractivity contribution in [3.8, 4) is 17.2 Å². The molecule has 0 radical (unpaired) electrons. The van der Waals surface area contributed by atoms with Crippen molar-refractivity contribution in [3.05, 3.63) is 102 Å².